The van der Waals surface area contributed by atoms with Crippen LogP contribution in [0, 0.1) is 0 Å². The fraction of sp³-hybridized carbons (Fsp3) is 0.200. The van der Waals surface area contributed by atoms with Gasteiger partial charge in [-0.05, 0) is 40.2 Å². The van der Waals surface area contributed by atoms with Crippen molar-refractivity contribution in [2.45, 2.75) is 4.90 Å². The van der Waals surface area contributed by atoms with Crippen LogP contribution in [0.25, 0.3) is 0 Å². The third kappa shape index (κ3) is 3.88. The van der Waals surface area contributed by atoms with Crippen LogP contribution in [0.3, 0.4) is 0 Å². The van der Waals surface area contributed by atoms with Crippen LogP contribution in [0.1, 0.15) is 0 Å². The number of ether oxygens (including phenoxy) is 3. The van der Waals surface area contributed by atoms with Crippen LogP contribution >= 0.6 is 27.5 Å². The first-order valence-electron chi connectivity index (χ1n) is 6.60. The molecule has 2 aromatic rings. The van der Waals surface area contributed by atoms with Crippen LogP contribution in [0.15, 0.2) is 39.7 Å². The Kier molecular flexibility index (Phi) is 5.84. The molecule has 0 spiro atoms. The maximum absolute atomic E-state index is 12.6. The van der Waals surface area contributed by atoms with Gasteiger partial charge in [0.15, 0.2) is 0 Å². The molecule has 9 heteroatoms. The second-order valence-electron chi connectivity index (χ2n) is 4.59. The predicted octanol–water partition coefficient (Wildman–Crippen LogP) is 3.93. The van der Waals surface area contributed by atoms with Gasteiger partial charge in [-0.3, -0.25) is 4.72 Å². The lowest BCUT2D eigenvalue weighted by molar-refractivity contribution is 0.396. The van der Waals surface area contributed by atoms with Gasteiger partial charge in [0, 0.05) is 6.07 Å². The highest BCUT2D eigenvalue weighted by Crippen LogP contribution is 2.37. The number of nitrogens with one attached hydrogen (secondary N) is 1. The van der Waals surface area contributed by atoms with E-state index in [9.17, 15) is 8.42 Å². The molecule has 24 heavy (non-hydrogen) atoms. The highest BCUT2D eigenvalue weighted by Gasteiger charge is 2.19. The van der Waals surface area contributed by atoms with Gasteiger partial charge in [0.25, 0.3) is 10.0 Å². The molecule has 2 aromatic carbocycles. The second kappa shape index (κ2) is 7.50. The van der Waals surface area contributed by atoms with E-state index >= 15 is 0 Å². The Morgan fingerprint density at radius 2 is 1.58 bits per heavy atom. The van der Waals surface area contributed by atoms with Gasteiger partial charge in [0.05, 0.1) is 41.4 Å². The molecule has 1 N–H and O–H groups in total. The van der Waals surface area contributed by atoms with E-state index in [1.165, 1.54) is 45.6 Å². The van der Waals surface area contributed by atoms with E-state index in [2.05, 4.69) is 20.7 Å². The Labute approximate surface area is 153 Å². The van der Waals surface area contributed by atoms with Crippen molar-refractivity contribution in [1.29, 1.82) is 0 Å². The third-order valence-corrected chi connectivity index (χ3v) is 5.43. The van der Waals surface area contributed by atoms with Crippen LogP contribution in [0.4, 0.5) is 5.69 Å². The lowest BCUT2D eigenvalue weighted by Gasteiger charge is -2.14. The molecular formula is C15H15BrClNO5S. The summed E-state index contributed by atoms with van der Waals surface area (Å²) in [5.41, 5.74) is 0.204. The van der Waals surface area contributed by atoms with E-state index < -0.39 is 10.0 Å². The SMILES string of the molecule is COc1cc(OC)c(NS(=O)(=O)c2ccc(OC)c(Br)c2)cc1Cl. The first-order valence-corrected chi connectivity index (χ1v) is 9.25. The molecule has 0 unspecified atom stereocenters. The van der Waals surface area contributed by atoms with Crippen molar-refractivity contribution in [1.82, 2.24) is 0 Å². The average molecular weight is 437 g/mol. The van der Waals surface area contributed by atoms with Crippen LogP contribution in [-0.2, 0) is 10.0 Å². The highest BCUT2D eigenvalue weighted by atomic mass is 79.9. The van der Waals surface area contributed by atoms with Gasteiger partial charge in [0.1, 0.15) is 17.2 Å². The number of sulfonamides is 1. The van der Waals surface area contributed by atoms with Gasteiger partial charge in [-0.25, -0.2) is 8.42 Å². The predicted molar refractivity (Wildman–Crippen MR) is 96.1 cm³/mol. The molecule has 0 aliphatic rings. The third-order valence-electron chi connectivity index (χ3n) is 3.15. The van der Waals surface area contributed by atoms with Crippen molar-refractivity contribution in [3.05, 3.63) is 39.8 Å². The number of methoxy groups -OCH3 is 3. The van der Waals surface area contributed by atoms with Crippen molar-refractivity contribution in [3.8, 4) is 17.2 Å². The summed E-state index contributed by atoms with van der Waals surface area (Å²) in [6.45, 7) is 0. The Balaban J connectivity index is 2.42. The molecule has 0 aromatic heterocycles. The highest BCUT2D eigenvalue weighted by molar-refractivity contribution is 9.10. The zero-order valence-corrected chi connectivity index (χ0v) is 16.3. The smallest absolute Gasteiger partial charge is 0.262 e. The van der Waals surface area contributed by atoms with Gasteiger partial charge in [-0.1, -0.05) is 11.6 Å². The molecule has 0 atom stereocenters. The molecule has 0 heterocycles. The molecular weight excluding hydrogens is 422 g/mol. The summed E-state index contributed by atoms with van der Waals surface area (Å²) in [7, 11) is 0.531. The summed E-state index contributed by atoms with van der Waals surface area (Å²) >= 11 is 9.32. The molecule has 0 saturated heterocycles. The van der Waals surface area contributed by atoms with Crippen LogP contribution in [0.2, 0.25) is 5.02 Å². The summed E-state index contributed by atoms with van der Waals surface area (Å²) in [6, 6.07) is 7.36. The van der Waals surface area contributed by atoms with E-state index in [0.717, 1.165) is 0 Å². The number of hydrogen-bond donors (Lipinski definition) is 1. The molecule has 0 amide bonds. The number of rotatable bonds is 6. The molecule has 0 bridgehead atoms. The fourth-order valence-corrected chi connectivity index (χ4v) is 3.98. The first kappa shape index (κ1) is 18.7. The zero-order chi connectivity index (χ0) is 17.9. The molecule has 0 fully saturated rings. The maximum atomic E-state index is 12.6. The van der Waals surface area contributed by atoms with Gasteiger partial charge >= 0.3 is 0 Å². The molecule has 6 nitrogen and oxygen atoms in total. The van der Waals surface area contributed by atoms with Crippen molar-refractivity contribution in [2.24, 2.45) is 0 Å². The lowest BCUT2D eigenvalue weighted by Crippen LogP contribution is -2.14. The number of benzene rings is 2. The summed E-state index contributed by atoms with van der Waals surface area (Å²) < 4.78 is 43.5. The van der Waals surface area contributed by atoms with Crippen molar-refractivity contribution < 1.29 is 22.6 Å². The van der Waals surface area contributed by atoms with Crippen LogP contribution in [-0.4, -0.2) is 29.7 Å². The van der Waals surface area contributed by atoms with Crippen molar-refractivity contribution in [3.63, 3.8) is 0 Å². The van der Waals surface area contributed by atoms with Crippen LogP contribution < -0.4 is 18.9 Å². The quantitative estimate of drug-likeness (QED) is 0.743. The molecule has 0 aliphatic heterocycles. The normalized spacial score (nSPS) is 11.0. The summed E-state index contributed by atoms with van der Waals surface area (Å²) in [4.78, 5) is 0.0594. The topological polar surface area (TPSA) is 73.9 Å². The Hall–Kier alpha value is -1.64. The maximum Gasteiger partial charge on any atom is 0.262 e. The lowest BCUT2D eigenvalue weighted by atomic mass is 10.3. The standard InChI is InChI=1S/C15H15BrClNO5S/c1-21-13-5-4-9(6-10(13)16)24(19,20)18-12-7-11(17)14(22-2)8-15(12)23-3/h4-8,18H,1-3H3. The van der Waals surface area contributed by atoms with Gasteiger partial charge < -0.3 is 14.2 Å². The van der Waals surface area contributed by atoms with E-state index in [4.69, 9.17) is 25.8 Å². The average Bonchev–Trinajstić information content (AvgIpc) is 2.54. The minimum Gasteiger partial charge on any atom is -0.496 e. The molecule has 130 valence electrons. The van der Waals surface area contributed by atoms with E-state index in [-0.39, 0.29) is 21.4 Å². The number of anilines is 1. The Morgan fingerprint density at radius 3 is 2.12 bits per heavy atom. The monoisotopic (exact) mass is 435 g/mol. The largest absolute Gasteiger partial charge is 0.496 e. The Bertz CT molecular complexity index is 857. The van der Waals surface area contributed by atoms with E-state index in [1.54, 1.807) is 6.07 Å². The number of halogens is 2. The van der Waals surface area contributed by atoms with E-state index in [0.29, 0.717) is 16.0 Å². The van der Waals surface area contributed by atoms with Crippen molar-refractivity contribution >= 4 is 43.2 Å². The zero-order valence-electron chi connectivity index (χ0n) is 13.1. The molecule has 2 rings (SSSR count). The van der Waals surface area contributed by atoms with E-state index in [1.807, 2.05) is 0 Å². The second-order valence-corrected chi connectivity index (χ2v) is 7.53. The molecule has 0 saturated carbocycles. The minimum absolute atomic E-state index is 0.0594. The first-order chi connectivity index (χ1) is 11.3. The Morgan fingerprint density at radius 1 is 0.958 bits per heavy atom. The van der Waals surface area contributed by atoms with Crippen LogP contribution in [0.5, 0.6) is 17.2 Å². The minimum atomic E-state index is -3.84. The fourth-order valence-electron chi connectivity index (χ4n) is 1.96. The van der Waals surface area contributed by atoms with Gasteiger partial charge in [-0.2, -0.15) is 0 Å². The van der Waals surface area contributed by atoms with Crippen molar-refractivity contribution in [2.75, 3.05) is 26.1 Å². The number of hydrogen-bond acceptors (Lipinski definition) is 5. The summed E-state index contributed by atoms with van der Waals surface area (Å²) in [5.74, 6) is 1.19. The summed E-state index contributed by atoms with van der Waals surface area (Å²) in [6.07, 6.45) is 0. The van der Waals surface area contributed by atoms with Gasteiger partial charge in [0.2, 0.25) is 0 Å². The summed E-state index contributed by atoms with van der Waals surface area (Å²) in [5, 5.41) is 0.256. The molecule has 0 aliphatic carbocycles. The van der Waals surface area contributed by atoms with Gasteiger partial charge in [-0.15, -0.1) is 0 Å². The molecule has 0 radical (unpaired) electrons.